The highest BCUT2D eigenvalue weighted by atomic mass is 35.5. The van der Waals surface area contributed by atoms with E-state index < -0.39 is 11.6 Å². The molecule has 1 aromatic rings. The third-order valence-electron chi connectivity index (χ3n) is 1.38. The molecule has 0 unspecified atom stereocenters. The third-order valence-corrected chi connectivity index (χ3v) is 1.65. The zero-order chi connectivity index (χ0) is 10.9. The molecule has 1 rings (SSSR count). The Morgan fingerprint density at radius 1 is 1.50 bits per heavy atom. The molecule has 0 aliphatic carbocycles. The highest BCUT2D eigenvalue weighted by molar-refractivity contribution is 6.32. The normalized spacial score (nSPS) is 11.5. The van der Waals surface area contributed by atoms with Gasteiger partial charge >= 0.3 is 5.97 Å². The molecular formula is C9H13ClN2O2. The summed E-state index contributed by atoms with van der Waals surface area (Å²) in [5, 5.41) is 0.150. The van der Waals surface area contributed by atoms with Crippen molar-refractivity contribution in [2.45, 2.75) is 33.3 Å². The van der Waals surface area contributed by atoms with Crippen LogP contribution in [0.5, 0.6) is 0 Å². The van der Waals surface area contributed by atoms with Crippen LogP contribution in [-0.2, 0) is 4.74 Å². The van der Waals surface area contributed by atoms with Crippen molar-refractivity contribution in [2.75, 3.05) is 0 Å². The summed E-state index contributed by atoms with van der Waals surface area (Å²) in [6.07, 6.45) is 0. The first kappa shape index (κ1) is 11.0. The maximum Gasteiger partial charge on any atom is 0.358 e. The SMILES string of the molecule is Cc1nc(Cl)c(C(=O)OC(C)(C)C)[nH]1. The van der Waals surface area contributed by atoms with Gasteiger partial charge in [0.25, 0.3) is 0 Å². The minimum Gasteiger partial charge on any atom is -0.455 e. The van der Waals surface area contributed by atoms with Gasteiger partial charge < -0.3 is 9.72 Å². The number of aromatic nitrogens is 2. The number of carbonyl (C=O) groups is 1. The monoisotopic (exact) mass is 216 g/mol. The number of H-pyrrole nitrogens is 1. The third kappa shape index (κ3) is 2.73. The van der Waals surface area contributed by atoms with Crippen LogP contribution in [0.1, 0.15) is 37.1 Å². The smallest absolute Gasteiger partial charge is 0.358 e. The van der Waals surface area contributed by atoms with Crippen LogP contribution < -0.4 is 0 Å². The molecule has 5 heteroatoms. The Kier molecular flexibility index (Phi) is 2.85. The largest absolute Gasteiger partial charge is 0.455 e. The number of halogens is 1. The first-order chi connectivity index (χ1) is 6.29. The molecule has 0 fully saturated rings. The predicted octanol–water partition coefficient (Wildman–Crippen LogP) is 2.33. The van der Waals surface area contributed by atoms with Gasteiger partial charge in [0, 0.05) is 0 Å². The van der Waals surface area contributed by atoms with Crippen LogP contribution in [-0.4, -0.2) is 21.5 Å². The molecule has 0 saturated carbocycles. The summed E-state index contributed by atoms with van der Waals surface area (Å²) < 4.78 is 5.12. The maximum atomic E-state index is 11.5. The van der Waals surface area contributed by atoms with E-state index in [0.29, 0.717) is 5.82 Å². The summed E-state index contributed by atoms with van der Waals surface area (Å²) in [5.41, 5.74) is -0.321. The van der Waals surface area contributed by atoms with E-state index in [4.69, 9.17) is 16.3 Å². The molecule has 1 heterocycles. The summed E-state index contributed by atoms with van der Waals surface area (Å²) in [7, 11) is 0. The van der Waals surface area contributed by atoms with Crippen LogP contribution >= 0.6 is 11.6 Å². The van der Waals surface area contributed by atoms with Crippen molar-refractivity contribution >= 4 is 17.6 Å². The van der Waals surface area contributed by atoms with E-state index in [1.54, 1.807) is 27.7 Å². The van der Waals surface area contributed by atoms with E-state index in [9.17, 15) is 4.79 Å². The Balaban J connectivity index is 2.85. The molecule has 1 N–H and O–H groups in total. The van der Waals surface area contributed by atoms with Crippen molar-refractivity contribution in [3.05, 3.63) is 16.7 Å². The summed E-state index contributed by atoms with van der Waals surface area (Å²) in [5.74, 6) is 0.110. The summed E-state index contributed by atoms with van der Waals surface area (Å²) in [6.45, 7) is 7.10. The van der Waals surface area contributed by atoms with E-state index in [0.717, 1.165) is 0 Å². The molecule has 4 nitrogen and oxygen atoms in total. The lowest BCUT2D eigenvalue weighted by Gasteiger charge is -2.18. The van der Waals surface area contributed by atoms with Crippen molar-refractivity contribution in [3.8, 4) is 0 Å². The number of hydrogen-bond donors (Lipinski definition) is 1. The fourth-order valence-corrected chi connectivity index (χ4v) is 1.18. The fraction of sp³-hybridized carbons (Fsp3) is 0.556. The van der Waals surface area contributed by atoms with Crippen LogP contribution in [0.25, 0.3) is 0 Å². The molecule has 1 aromatic heterocycles. The molecular weight excluding hydrogens is 204 g/mol. The molecule has 0 bridgehead atoms. The second-order valence-electron chi connectivity index (χ2n) is 3.99. The maximum absolute atomic E-state index is 11.5. The Labute approximate surface area is 87.6 Å². The highest BCUT2D eigenvalue weighted by Crippen LogP contribution is 2.17. The first-order valence-electron chi connectivity index (χ1n) is 4.25. The Bertz CT molecular complexity index is 352. The van der Waals surface area contributed by atoms with Gasteiger partial charge in [-0.15, -0.1) is 0 Å². The Hall–Kier alpha value is -1.03. The number of rotatable bonds is 1. The van der Waals surface area contributed by atoms with Crippen LogP contribution in [0.2, 0.25) is 5.15 Å². The topological polar surface area (TPSA) is 55.0 Å². The number of esters is 1. The van der Waals surface area contributed by atoms with Gasteiger partial charge in [-0.1, -0.05) is 11.6 Å². The Morgan fingerprint density at radius 3 is 2.43 bits per heavy atom. The van der Waals surface area contributed by atoms with Gasteiger partial charge in [-0.25, -0.2) is 9.78 Å². The van der Waals surface area contributed by atoms with Crippen molar-refractivity contribution in [3.63, 3.8) is 0 Å². The zero-order valence-electron chi connectivity index (χ0n) is 8.64. The minimum absolute atomic E-state index is 0.150. The first-order valence-corrected chi connectivity index (χ1v) is 4.63. The van der Waals surface area contributed by atoms with Crippen LogP contribution in [0.3, 0.4) is 0 Å². The van der Waals surface area contributed by atoms with E-state index in [1.807, 2.05) is 0 Å². The molecule has 0 amide bonds. The van der Waals surface area contributed by atoms with E-state index in [2.05, 4.69) is 9.97 Å². The number of aromatic amines is 1. The second-order valence-corrected chi connectivity index (χ2v) is 4.35. The van der Waals surface area contributed by atoms with Crippen LogP contribution in [0.15, 0.2) is 0 Å². The lowest BCUT2D eigenvalue weighted by Crippen LogP contribution is -2.24. The van der Waals surface area contributed by atoms with Crippen LogP contribution in [0.4, 0.5) is 0 Å². The number of hydrogen-bond acceptors (Lipinski definition) is 3. The number of nitrogens with one attached hydrogen (secondary N) is 1. The molecule has 0 spiro atoms. The molecule has 0 radical (unpaired) electrons. The molecule has 0 aromatic carbocycles. The molecule has 0 atom stereocenters. The highest BCUT2D eigenvalue weighted by Gasteiger charge is 2.22. The molecule has 0 aliphatic rings. The van der Waals surface area contributed by atoms with Gasteiger partial charge in [0.05, 0.1) is 0 Å². The van der Waals surface area contributed by atoms with Crippen molar-refractivity contribution < 1.29 is 9.53 Å². The number of ether oxygens (including phenoxy) is 1. The Morgan fingerprint density at radius 2 is 2.07 bits per heavy atom. The van der Waals surface area contributed by atoms with E-state index in [-0.39, 0.29) is 10.8 Å². The summed E-state index contributed by atoms with van der Waals surface area (Å²) in [4.78, 5) is 18.1. The van der Waals surface area contributed by atoms with Gasteiger partial charge in [-0.05, 0) is 27.7 Å². The minimum atomic E-state index is -0.528. The number of nitrogens with zero attached hydrogens (tertiary/aromatic N) is 1. The number of carbonyl (C=O) groups excluding carboxylic acids is 1. The fourth-order valence-electron chi connectivity index (χ4n) is 0.928. The molecule has 0 saturated heterocycles. The van der Waals surface area contributed by atoms with Gasteiger partial charge in [0.1, 0.15) is 11.4 Å². The molecule has 78 valence electrons. The molecule has 0 aliphatic heterocycles. The van der Waals surface area contributed by atoms with Gasteiger partial charge in [0.15, 0.2) is 10.8 Å². The van der Waals surface area contributed by atoms with Crippen molar-refractivity contribution in [1.82, 2.24) is 9.97 Å². The zero-order valence-corrected chi connectivity index (χ0v) is 9.40. The number of imidazole rings is 1. The average Bonchev–Trinajstić information content (AvgIpc) is 2.26. The van der Waals surface area contributed by atoms with Crippen molar-refractivity contribution in [1.29, 1.82) is 0 Å². The second kappa shape index (κ2) is 3.61. The standard InChI is InChI=1S/C9H13ClN2O2/c1-5-11-6(7(10)12-5)8(13)14-9(2,3)4/h1-4H3,(H,11,12). The van der Waals surface area contributed by atoms with Gasteiger partial charge in [0.2, 0.25) is 0 Å². The summed E-state index contributed by atoms with van der Waals surface area (Å²) in [6, 6.07) is 0. The molecule has 14 heavy (non-hydrogen) atoms. The number of aryl methyl sites for hydroxylation is 1. The summed E-state index contributed by atoms with van der Waals surface area (Å²) >= 11 is 5.73. The van der Waals surface area contributed by atoms with Gasteiger partial charge in [-0.2, -0.15) is 0 Å². The lowest BCUT2D eigenvalue weighted by atomic mass is 10.2. The van der Waals surface area contributed by atoms with E-state index >= 15 is 0 Å². The average molecular weight is 217 g/mol. The van der Waals surface area contributed by atoms with Gasteiger partial charge in [-0.3, -0.25) is 0 Å². The van der Waals surface area contributed by atoms with E-state index in [1.165, 1.54) is 0 Å². The van der Waals surface area contributed by atoms with Crippen LogP contribution in [0, 0.1) is 6.92 Å². The lowest BCUT2D eigenvalue weighted by molar-refractivity contribution is 0.00636. The predicted molar refractivity (Wildman–Crippen MR) is 53.5 cm³/mol. The quantitative estimate of drug-likeness (QED) is 0.733. The van der Waals surface area contributed by atoms with Crippen molar-refractivity contribution in [2.24, 2.45) is 0 Å².